The Hall–Kier alpha value is -1.95. The third-order valence-electron chi connectivity index (χ3n) is 1.74. The zero-order valence-corrected chi connectivity index (χ0v) is 8.09. The first kappa shape index (κ1) is 11.1. The SMILES string of the molecule is NNC(C[N+](=O)[O-])=NCc1ccccc1. The molecule has 3 N–H and O–H groups in total. The average molecular weight is 208 g/mol. The second-order valence-electron chi connectivity index (χ2n) is 2.88. The summed E-state index contributed by atoms with van der Waals surface area (Å²) < 4.78 is 0. The summed E-state index contributed by atoms with van der Waals surface area (Å²) in [7, 11) is 0. The molecule has 0 heterocycles. The van der Waals surface area contributed by atoms with Gasteiger partial charge in [0.05, 0.1) is 6.54 Å². The van der Waals surface area contributed by atoms with Crippen LogP contribution in [0.15, 0.2) is 35.3 Å². The largest absolute Gasteiger partial charge is 0.307 e. The van der Waals surface area contributed by atoms with Gasteiger partial charge in [-0.2, -0.15) is 0 Å². The van der Waals surface area contributed by atoms with Crippen LogP contribution in [0.4, 0.5) is 0 Å². The summed E-state index contributed by atoms with van der Waals surface area (Å²) in [6.45, 7) is -0.00243. The predicted octanol–water partition coefficient (Wildman–Crippen LogP) is 0.325. The highest BCUT2D eigenvalue weighted by atomic mass is 16.6. The molecule has 0 aliphatic carbocycles. The summed E-state index contributed by atoms with van der Waals surface area (Å²) in [5.74, 6) is 5.27. The first-order chi connectivity index (χ1) is 7.22. The van der Waals surface area contributed by atoms with Gasteiger partial charge in [-0.3, -0.25) is 15.1 Å². The lowest BCUT2D eigenvalue weighted by atomic mass is 10.2. The molecule has 6 heteroatoms. The van der Waals surface area contributed by atoms with Gasteiger partial charge in [-0.15, -0.1) is 0 Å². The molecule has 0 spiro atoms. The van der Waals surface area contributed by atoms with Crippen LogP contribution >= 0.6 is 0 Å². The molecule has 15 heavy (non-hydrogen) atoms. The minimum absolute atomic E-state index is 0.170. The lowest BCUT2D eigenvalue weighted by molar-refractivity contribution is -0.463. The molecule has 0 saturated heterocycles. The van der Waals surface area contributed by atoms with Gasteiger partial charge in [0, 0.05) is 4.92 Å². The molecule has 0 aliphatic rings. The molecule has 1 rings (SSSR count). The number of hydrogen-bond acceptors (Lipinski definition) is 4. The Bertz CT molecular complexity index is 350. The Morgan fingerprint density at radius 3 is 2.67 bits per heavy atom. The topological polar surface area (TPSA) is 93.5 Å². The van der Waals surface area contributed by atoms with Crippen LogP contribution in [-0.2, 0) is 6.54 Å². The molecular formula is C9H12N4O2. The third-order valence-corrected chi connectivity index (χ3v) is 1.74. The average Bonchev–Trinajstić information content (AvgIpc) is 2.25. The fraction of sp³-hybridized carbons (Fsp3) is 0.222. The van der Waals surface area contributed by atoms with Crippen LogP contribution in [0.1, 0.15) is 5.56 Å². The molecule has 80 valence electrons. The van der Waals surface area contributed by atoms with Crippen molar-refractivity contribution in [3.8, 4) is 0 Å². The number of aliphatic imine (C=N–C) groups is 1. The second kappa shape index (κ2) is 5.71. The van der Waals surface area contributed by atoms with Gasteiger partial charge in [-0.05, 0) is 5.56 Å². The van der Waals surface area contributed by atoms with Crippen molar-refractivity contribution in [3.63, 3.8) is 0 Å². The highest BCUT2D eigenvalue weighted by molar-refractivity contribution is 5.82. The quantitative estimate of drug-likeness (QED) is 0.245. The van der Waals surface area contributed by atoms with Crippen molar-refractivity contribution >= 4 is 5.84 Å². The van der Waals surface area contributed by atoms with E-state index in [4.69, 9.17) is 5.84 Å². The molecule has 1 aromatic carbocycles. The summed E-state index contributed by atoms with van der Waals surface area (Å²) in [5, 5.41) is 10.2. The fourth-order valence-electron chi connectivity index (χ4n) is 1.03. The zero-order chi connectivity index (χ0) is 11.1. The van der Waals surface area contributed by atoms with Crippen LogP contribution in [0, 0.1) is 10.1 Å². The molecule has 0 saturated carbocycles. The Labute approximate surface area is 86.9 Å². The van der Waals surface area contributed by atoms with E-state index in [0.29, 0.717) is 6.54 Å². The number of nitrogens with zero attached hydrogens (tertiary/aromatic N) is 2. The van der Waals surface area contributed by atoms with E-state index in [-0.39, 0.29) is 12.4 Å². The first-order valence-electron chi connectivity index (χ1n) is 4.38. The van der Waals surface area contributed by atoms with Gasteiger partial charge in [0.15, 0.2) is 5.84 Å². The van der Waals surface area contributed by atoms with Crippen molar-refractivity contribution in [2.45, 2.75) is 6.54 Å². The van der Waals surface area contributed by atoms with E-state index in [9.17, 15) is 10.1 Å². The molecule has 0 radical (unpaired) electrons. The molecule has 0 unspecified atom stereocenters. The molecule has 6 nitrogen and oxygen atoms in total. The molecule has 1 aromatic rings. The lowest BCUT2D eigenvalue weighted by Crippen LogP contribution is -2.35. The second-order valence-corrected chi connectivity index (χ2v) is 2.88. The van der Waals surface area contributed by atoms with E-state index in [1.165, 1.54) is 0 Å². The van der Waals surface area contributed by atoms with Crippen molar-refractivity contribution in [2.24, 2.45) is 10.8 Å². The minimum atomic E-state index is -0.482. The molecule has 0 aliphatic heterocycles. The highest BCUT2D eigenvalue weighted by Crippen LogP contribution is 1.99. The van der Waals surface area contributed by atoms with Gasteiger partial charge >= 0.3 is 0 Å². The van der Waals surface area contributed by atoms with Crippen LogP contribution < -0.4 is 11.3 Å². The van der Waals surface area contributed by atoms with Crippen molar-refractivity contribution in [3.05, 3.63) is 46.0 Å². The molecule has 0 fully saturated rings. The van der Waals surface area contributed by atoms with Gasteiger partial charge in [-0.1, -0.05) is 30.3 Å². The van der Waals surface area contributed by atoms with Gasteiger partial charge < -0.3 is 5.43 Å². The Morgan fingerprint density at radius 2 is 2.13 bits per heavy atom. The number of amidine groups is 1. The van der Waals surface area contributed by atoms with E-state index in [2.05, 4.69) is 10.4 Å². The van der Waals surface area contributed by atoms with Crippen molar-refractivity contribution in [1.29, 1.82) is 0 Å². The van der Waals surface area contributed by atoms with Crippen LogP contribution in [0.5, 0.6) is 0 Å². The summed E-state index contributed by atoms with van der Waals surface area (Å²) in [6, 6.07) is 9.45. The Balaban J connectivity index is 2.58. The number of hydrogen-bond donors (Lipinski definition) is 2. The monoisotopic (exact) mass is 208 g/mol. The maximum atomic E-state index is 10.2. The number of benzene rings is 1. The standard InChI is InChI=1S/C9H12N4O2/c10-12-9(7-13(14)15)11-6-8-4-2-1-3-5-8/h1-5H,6-7,10H2,(H,11,12). The maximum absolute atomic E-state index is 10.2. The third kappa shape index (κ3) is 4.19. The summed E-state index contributed by atoms with van der Waals surface area (Å²) in [5.41, 5.74) is 3.19. The Kier molecular flexibility index (Phi) is 4.24. The molecule has 0 aromatic heterocycles. The zero-order valence-electron chi connectivity index (χ0n) is 8.09. The molecule has 0 bridgehead atoms. The predicted molar refractivity (Wildman–Crippen MR) is 56.8 cm³/mol. The fourth-order valence-corrected chi connectivity index (χ4v) is 1.03. The maximum Gasteiger partial charge on any atom is 0.261 e. The molecular weight excluding hydrogens is 196 g/mol. The molecule has 0 atom stereocenters. The van der Waals surface area contributed by atoms with Crippen molar-refractivity contribution in [2.75, 3.05) is 6.54 Å². The lowest BCUT2D eigenvalue weighted by Gasteiger charge is -2.00. The van der Waals surface area contributed by atoms with Gasteiger partial charge in [0.25, 0.3) is 6.54 Å². The van der Waals surface area contributed by atoms with Crippen LogP contribution in [0.2, 0.25) is 0 Å². The highest BCUT2D eigenvalue weighted by Gasteiger charge is 2.04. The summed E-state index contributed by atoms with van der Waals surface area (Å²) >= 11 is 0. The number of nitrogens with one attached hydrogen (secondary N) is 1. The van der Waals surface area contributed by atoms with Crippen LogP contribution in [-0.4, -0.2) is 17.3 Å². The van der Waals surface area contributed by atoms with Crippen molar-refractivity contribution in [1.82, 2.24) is 5.43 Å². The van der Waals surface area contributed by atoms with E-state index >= 15 is 0 Å². The van der Waals surface area contributed by atoms with Gasteiger partial charge in [-0.25, -0.2) is 5.84 Å². The first-order valence-corrected chi connectivity index (χ1v) is 4.38. The van der Waals surface area contributed by atoms with E-state index in [1.807, 2.05) is 30.3 Å². The van der Waals surface area contributed by atoms with Gasteiger partial charge in [0.2, 0.25) is 0 Å². The van der Waals surface area contributed by atoms with Crippen LogP contribution in [0.25, 0.3) is 0 Å². The number of rotatable bonds is 4. The van der Waals surface area contributed by atoms with Crippen molar-refractivity contribution < 1.29 is 4.92 Å². The van der Waals surface area contributed by atoms with E-state index in [0.717, 1.165) is 5.56 Å². The summed E-state index contributed by atoms with van der Waals surface area (Å²) in [6.07, 6.45) is 0. The van der Waals surface area contributed by atoms with E-state index < -0.39 is 4.92 Å². The smallest absolute Gasteiger partial charge is 0.261 e. The Morgan fingerprint density at radius 1 is 1.47 bits per heavy atom. The number of nitrogens with two attached hydrogens (primary N) is 1. The summed E-state index contributed by atoms with van der Waals surface area (Å²) in [4.78, 5) is 13.7. The number of nitro groups is 1. The van der Waals surface area contributed by atoms with E-state index in [1.54, 1.807) is 0 Å². The normalized spacial score (nSPS) is 11.1. The molecule has 0 amide bonds. The van der Waals surface area contributed by atoms with Gasteiger partial charge in [0.1, 0.15) is 0 Å². The van der Waals surface area contributed by atoms with Crippen LogP contribution in [0.3, 0.4) is 0 Å². The minimum Gasteiger partial charge on any atom is -0.307 e. The number of hydrazine groups is 1.